The minimum absolute atomic E-state index is 0.0285. The van der Waals surface area contributed by atoms with E-state index in [2.05, 4.69) is 4.98 Å². The van der Waals surface area contributed by atoms with E-state index < -0.39 is 40.9 Å². The van der Waals surface area contributed by atoms with Crippen molar-refractivity contribution in [1.29, 1.82) is 0 Å². The molecule has 1 fully saturated rings. The molecule has 0 aliphatic carbocycles. The van der Waals surface area contributed by atoms with Gasteiger partial charge in [0.05, 0.1) is 13.2 Å². The quantitative estimate of drug-likeness (QED) is 0.754. The first kappa shape index (κ1) is 18.9. The molecular formula is C16H22N2O7. The summed E-state index contributed by atoms with van der Waals surface area (Å²) in [6, 6.07) is 0. The third-order valence-electron chi connectivity index (χ3n) is 4.17. The van der Waals surface area contributed by atoms with Crippen LogP contribution in [-0.4, -0.2) is 40.8 Å². The van der Waals surface area contributed by atoms with E-state index in [1.165, 1.54) is 20.0 Å². The number of hydrogen-bond donors (Lipinski definition) is 1. The van der Waals surface area contributed by atoms with Crippen molar-refractivity contribution in [3.05, 3.63) is 32.6 Å². The molecule has 0 spiro atoms. The topological polar surface area (TPSA) is 117 Å². The lowest BCUT2D eigenvalue weighted by molar-refractivity contribution is -0.172. The Hall–Kier alpha value is -2.42. The molecular weight excluding hydrogens is 332 g/mol. The maximum atomic E-state index is 12.4. The summed E-state index contributed by atoms with van der Waals surface area (Å²) in [6.07, 6.45) is -0.756. The maximum absolute atomic E-state index is 12.4. The van der Waals surface area contributed by atoms with Crippen molar-refractivity contribution >= 4 is 11.9 Å². The number of ether oxygens (including phenoxy) is 3. The van der Waals surface area contributed by atoms with Crippen LogP contribution < -0.4 is 11.2 Å². The molecule has 1 unspecified atom stereocenters. The minimum Gasteiger partial charge on any atom is -0.465 e. The number of nitrogens with zero attached hydrogens (tertiary/aromatic N) is 1. The number of aryl methyl sites for hydroxylation is 1. The first-order valence-electron chi connectivity index (χ1n) is 8.06. The minimum atomic E-state index is -1.31. The van der Waals surface area contributed by atoms with Crippen molar-refractivity contribution in [1.82, 2.24) is 9.55 Å². The molecule has 0 amide bonds. The van der Waals surface area contributed by atoms with Gasteiger partial charge in [-0.05, 0) is 27.7 Å². The molecule has 25 heavy (non-hydrogen) atoms. The van der Waals surface area contributed by atoms with Gasteiger partial charge < -0.3 is 14.2 Å². The van der Waals surface area contributed by atoms with Crippen LogP contribution >= 0.6 is 0 Å². The van der Waals surface area contributed by atoms with E-state index in [-0.39, 0.29) is 19.6 Å². The molecule has 9 nitrogen and oxygen atoms in total. The summed E-state index contributed by atoms with van der Waals surface area (Å²) < 4.78 is 16.9. The summed E-state index contributed by atoms with van der Waals surface area (Å²) in [7, 11) is 0. The molecule has 1 aromatic heterocycles. The lowest BCUT2D eigenvalue weighted by Crippen LogP contribution is -2.43. The monoisotopic (exact) mass is 354 g/mol. The molecule has 1 N–H and O–H groups in total. The van der Waals surface area contributed by atoms with Crippen LogP contribution in [-0.2, 0) is 23.8 Å². The maximum Gasteiger partial charge on any atom is 0.336 e. The standard InChI is InChI=1S/C16H22N2O7/c1-5-23-13(20)11-16(4,14(21)24-6-2)7-10(25-11)18-8-9(3)12(19)17-15(18)22/h8,10-11H,5-7H2,1-4H3,(H,17,19,22)/t10-,11+,16?/m0/s1. The van der Waals surface area contributed by atoms with Crippen LogP contribution in [0.3, 0.4) is 0 Å². The molecule has 1 aromatic rings. The zero-order valence-electron chi connectivity index (χ0n) is 14.7. The van der Waals surface area contributed by atoms with E-state index in [0.29, 0.717) is 5.56 Å². The van der Waals surface area contributed by atoms with Crippen molar-refractivity contribution in [3.8, 4) is 0 Å². The molecule has 9 heteroatoms. The van der Waals surface area contributed by atoms with Gasteiger partial charge in [-0.25, -0.2) is 9.59 Å². The van der Waals surface area contributed by atoms with Crippen LogP contribution in [0.4, 0.5) is 0 Å². The summed E-state index contributed by atoms with van der Waals surface area (Å²) >= 11 is 0. The van der Waals surface area contributed by atoms with Crippen molar-refractivity contribution in [2.24, 2.45) is 5.41 Å². The molecule has 0 saturated carbocycles. The van der Waals surface area contributed by atoms with Gasteiger partial charge >= 0.3 is 17.6 Å². The van der Waals surface area contributed by atoms with Crippen molar-refractivity contribution in [2.45, 2.75) is 46.4 Å². The Balaban J connectivity index is 2.43. The Morgan fingerprint density at radius 3 is 2.56 bits per heavy atom. The normalized spacial score (nSPS) is 25.6. The zero-order chi connectivity index (χ0) is 18.8. The van der Waals surface area contributed by atoms with Gasteiger partial charge in [-0.3, -0.25) is 19.1 Å². The number of aromatic nitrogens is 2. The second-order valence-electron chi connectivity index (χ2n) is 6.04. The summed E-state index contributed by atoms with van der Waals surface area (Å²) in [5.74, 6) is -1.31. The molecule has 0 bridgehead atoms. The second kappa shape index (κ2) is 7.22. The largest absolute Gasteiger partial charge is 0.465 e. The lowest BCUT2D eigenvalue weighted by Gasteiger charge is -2.25. The van der Waals surface area contributed by atoms with E-state index in [9.17, 15) is 19.2 Å². The van der Waals surface area contributed by atoms with Crippen LogP contribution in [0.5, 0.6) is 0 Å². The highest BCUT2D eigenvalue weighted by Gasteiger charge is 2.56. The number of esters is 2. The predicted octanol–water partition coefficient (Wildman–Crippen LogP) is 0.265. The van der Waals surface area contributed by atoms with Gasteiger partial charge in [0.2, 0.25) is 0 Å². The van der Waals surface area contributed by atoms with Crippen LogP contribution in [0.1, 0.15) is 39.0 Å². The van der Waals surface area contributed by atoms with E-state index in [1.54, 1.807) is 13.8 Å². The Morgan fingerprint density at radius 1 is 1.32 bits per heavy atom. The highest BCUT2D eigenvalue weighted by molar-refractivity contribution is 5.87. The number of carbonyl (C=O) groups is 2. The zero-order valence-corrected chi connectivity index (χ0v) is 14.7. The smallest absolute Gasteiger partial charge is 0.336 e. The molecule has 2 rings (SSSR count). The molecule has 2 heterocycles. The van der Waals surface area contributed by atoms with Crippen LogP contribution in [0.2, 0.25) is 0 Å². The number of rotatable bonds is 5. The fourth-order valence-corrected chi connectivity index (χ4v) is 2.81. The summed E-state index contributed by atoms with van der Waals surface area (Å²) in [5, 5.41) is 0. The molecule has 1 aliphatic heterocycles. The van der Waals surface area contributed by atoms with Gasteiger partial charge in [0.15, 0.2) is 6.10 Å². The van der Waals surface area contributed by atoms with Crippen molar-refractivity contribution in [2.75, 3.05) is 13.2 Å². The van der Waals surface area contributed by atoms with Gasteiger partial charge in [0, 0.05) is 18.2 Å². The van der Waals surface area contributed by atoms with E-state index in [1.807, 2.05) is 0 Å². The van der Waals surface area contributed by atoms with Gasteiger partial charge in [-0.15, -0.1) is 0 Å². The first-order chi connectivity index (χ1) is 11.7. The highest BCUT2D eigenvalue weighted by Crippen LogP contribution is 2.44. The van der Waals surface area contributed by atoms with E-state index in [0.717, 1.165) is 4.57 Å². The molecule has 1 saturated heterocycles. The Kier molecular flexibility index (Phi) is 5.46. The number of carbonyl (C=O) groups excluding carboxylic acids is 2. The highest BCUT2D eigenvalue weighted by atomic mass is 16.6. The van der Waals surface area contributed by atoms with Gasteiger partial charge in [0.25, 0.3) is 5.56 Å². The molecule has 138 valence electrons. The Labute approximate surface area is 143 Å². The van der Waals surface area contributed by atoms with Crippen LogP contribution in [0.15, 0.2) is 15.8 Å². The molecule has 1 aliphatic rings. The molecule has 0 radical (unpaired) electrons. The van der Waals surface area contributed by atoms with Crippen LogP contribution in [0, 0.1) is 12.3 Å². The van der Waals surface area contributed by atoms with E-state index in [4.69, 9.17) is 14.2 Å². The number of aromatic amines is 1. The van der Waals surface area contributed by atoms with Crippen molar-refractivity contribution in [3.63, 3.8) is 0 Å². The number of nitrogens with one attached hydrogen (secondary N) is 1. The van der Waals surface area contributed by atoms with Gasteiger partial charge in [-0.1, -0.05) is 0 Å². The van der Waals surface area contributed by atoms with Gasteiger partial charge in [-0.2, -0.15) is 0 Å². The van der Waals surface area contributed by atoms with Gasteiger partial charge in [0.1, 0.15) is 11.6 Å². The summed E-state index contributed by atoms with van der Waals surface area (Å²) in [6.45, 7) is 6.64. The number of hydrogen-bond acceptors (Lipinski definition) is 7. The Morgan fingerprint density at radius 2 is 1.96 bits per heavy atom. The SMILES string of the molecule is CCOC(=O)[C@H]1O[C@H](n2cc(C)c(=O)[nH]c2=O)CC1(C)C(=O)OCC. The third-order valence-corrected chi connectivity index (χ3v) is 4.17. The van der Waals surface area contributed by atoms with Crippen LogP contribution in [0.25, 0.3) is 0 Å². The summed E-state index contributed by atoms with van der Waals surface area (Å²) in [5.41, 5.74) is -2.19. The average molecular weight is 354 g/mol. The second-order valence-corrected chi connectivity index (χ2v) is 6.04. The molecule has 3 atom stereocenters. The van der Waals surface area contributed by atoms with E-state index >= 15 is 0 Å². The summed E-state index contributed by atoms with van der Waals surface area (Å²) in [4.78, 5) is 50.5. The Bertz CT molecular complexity index is 781. The number of H-pyrrole nitrogens is 1. The van der Waals surface area contributed by atoms with Crippen molar-refractivity contribution < 1.29 is 23.8 Å². The lowest BCUT2D eigenvalue weighted by atomic mass is 9.82. The average Bonchev–Trinajstić information content (AvgIpc) is 2.90. The fourth-order valence-electron chi connectivity index (χ4n) is 2.81. The molecule has 0 aromatic carbocycles. The predicted molar refractivity (Wildman–Crippen MR) is 86.0 cm³/mol. The third kappa shape index (κ3) is 3.51. The first-order valence-corrected chi connectivity index (χ1v) is 8.06. The fraction of sp³-hybridized carbons (Fsp3) is 0.625.